The predicted octanol–water partition coefficient (Wildman–Crippen LogP) is 2.11. The third-order valence-electron chi connectivity index (χ3n) is 1.90. The van der Waals surface area contributed by atoms with Gasteiger partial charge in [0.05, 0.1) is 0 Å². The summed E-state index contributed by atoms with van der Waals surface area (Å²) < 4.78 is 37.7. The van der Waals surface area contributed by atoms with Gasteiger partial charge < -0.3 is 5.11 Å². The highest BCUT2D eigenvalue weighted by atomic mass is 19.4. The Morgan fingerprint density at radius 1 is 1.40 bits per heavy atom. The fourth-order valence-corrected chi connectivity index (χ4v) is 1.15. The number of alkyl halides is 3. The van der Waals surface area contributed by atoms with Crippen LogP contribution in [0.1, 0.15) is 36.8 Å². The first kappa shape index (κ1) is 11.9. The van der Waals surface area contributed by atoms with Gasteiger partial charge in [0, 0.05) is 11.8 Å². The lowest BCUT2D eigenvalue weighted by molar-refractivity contribution is -0.142. The summed E-state index contributed by atoms with van der Waals surface area (Å²) in [5, 5.41) is 8.66. The Balaban J connectivity index is 3.29. The van der Waals surface area contributed by atoms with Crippen LogP contribution in [0.3, 0.4) is 0 Å². The minimum atomic E-state index is -4.51. The zero-order valence-corrected chi connectivity index (χ0v) is 8.34. The Morgan fingerprint density at radius 3 is 2.40 bits per heavy atom. The van der Waals surface area contributed by atoms with Gasteiger partial charge in [-0.3, -0.25) is 0 Å². The van der Waals surface area contributed by atoms with Gasteiger partial charge in [-0.25, -0.2) is 9.97 Å². The highest BCUT2D eigenvalue weighted by Gasteiger charge is 2.36. The number of aliphatic hydroxyl groups excluding tert-OH is 1. The lowest BCUT2D eigenvalue weighted by atomic mass is 10.0. The van der Waals surface area contributed by atoms with Crippen molar-refractivity contribution >= 4 is 0 Å². The van der Waals surface area contributed by atoms with Crippen LogP contribution in [0, 0.1) is 0 Å². The fraction of sp³-hybridized carbons (Fsp3) is 0.556. The van der Waals surface area contributed by atoms with E-state index in [0.29, 0.717) is 0 Å². The Kier molecular flexibility index (Phi) is 3.28. The van der Waals surface area contributed by atoms with Crippen molar-refractivity contribution in [3.05, 3.63) is 23.3 Å². The van der Waals surface area contributed by atoms with Crippen molar-refractivity contribution in [2.45, 2.75) is 32.5 Å². The van der Waals surface area contributed by atoms with E-state index in [4.69, 9.17) is 5.11 Å². The van der Waals surface area contributed by atoms with Crippen molar-refractivity contribution in [1.29, 1.82) is 0 Å². The van der Waals surface area contributed by atoms with E-state index < -0.39 is 18.5 Å². The van der Waals surface area contributed by atoms with Crippen molar-refractivity contribution in [2.75, 3.05) is 0 Å². The van der Waals surface area contributed by atoms with E-state index in [2.05, 4.69) is 9.97 Å². The second-order valence-corrected chi connectivity index (χ2v) is 3.40. The molecular weight excluding hydrogens is 209 g/mol. The summed E-state index contributed by atoms with van der Waals surface area (Å²) >= 11 is 0. The molecule has 84 valence electrons. The Bertz CT molecular complexity index is 350. The Morgan fingerprint density at radius 2 is 2.00 bits per heavy atom. The second kappa shape index (κ2) is 4.14. The largest absolute Gasteiger partial charge is 0.433 e. The average Bonchev–Trinajstić information content (AvgIpc) is 2.15. The van der Waals surface area contributed by atoms with Crippen LogP contribution in [0.15, 0.2) is 6.20 Å². The number of rotatable bonds is 2. The smallest absolute Gasteiger partial charge is 0.388 e. The molecule has 1 aromatic rings. The lowest BCUT2D eigenvalue weighted by Crippen LogP contribution is -2.15. The molecular formula is C9H11F3N2O. The topological polar surface area (TPSA) is 46.0 Å². The lowest BCUT2D eigenvalue weighted by Gasteiger charge is -2.14. The molecule has 3 nitrogen and oxygen atoms in total. The molecule has 15 heavy (non-hydrogen) atoms. The third-order valence-corrected chi connectivity index (χ3v) is 1.90. The van der Waals surface area contributed by atoms with E-state index in [-0.39, 0.29) is 17.3 Å². The van der Waals surface area contributed by atoms with Gasteiger partial charge in [-0.2, -0.15) is 13.2 Å². The van der Waals surface area contributed by atoms with Crippen LogP contribution in [-0.2, 0) is 12.8 Å². The summed E-state index contributed by atoms with van der Waals surface area (Å²) in [7, 11) is 0. The molecule has 1 aromatic heterocycles. The van der Waals surface area contributed by atoms with Gasteiger partial charge in [-0.1, -0.05) is 13.8 Å². The van der Waals surface area contributed by atoms with Gasteiger partial charge in [0.15, 0.2) is 11.5 Å². The van der Waals surface area contributed by atoms with E-state index in [1.807, 2.05) is 0 Å². The average molecular weight is 220 g/mol. The third kappa shape index (κ3) is 2.65. The molecule has 0 aromatic carbocycles. The Hall–Kier alpha value is -1.17. The molecule has 0 fully saturated rings. The second-order valence-electron chi connectivity index (χ2n) is 3.40. The quantitative estimate of drug-likeness (QED) is 0.830. The zero-order valence-electron chi connectivity index (χ0n) is 8.34. The molecule has 1 heterocycles. The first-order chi connectivity index (χ1) is 6.86. The summed E-state index contributed by atoms with van der Waals surface area (Å²) in [6.45, 7) is 2.67. The number of hydrogen-bond acceptors (Lipinski definition) is 3. The van der Waals surface area contributed by atoms with Crippen LogP contribution in [0.25, 0.3) is 0 Å². The zero-order chi connectivity index (χ0) is 11.6. The molecule has 0 saturated carbocycles. The summed E-state index contributed by atoms with van der Waals surface area (Å²) in [5.74, 6) is -0.527. The van der Waals surface area contributed by atoms with Crippen LogP contribution in [0.5, 0.6) is 0 Å². The minimum absolute atomic E-state index is 0.0414. The predicted molar refractivity (Wildman–Crippen MR) is 47.0 cm³/mol. The number of aliphatic hydroxyl groups is 1. The van der Waals surface area contributed by atoms with E-state index >= 15 is 0 Å². The monoisotopic (exact) mass is 220 g/mol. The number of aromatic nitrogens is 2. The molecule has 0 aliphatic heterocycles. The fourth-order valence-electron chi connectivity index (χ4n) is 1.15. The normalized spacial score (nSPS) is 12.2. The standard InChI is InChI=1S/C9H11F3N2O/c1-5(2)6-3-13-7(4-15)14-8(6)9(10,11)12/h3,5,15H,4H2,1-2H3. The summed E-state index contributed by atoms with van der Waals surface area (Å²) in [6, 6.07) is 0. The molecule has 0 atom stereocenters. The van der Waals surface area contributed by atoms with Crippen LogP contribution < -0.4 is 0 Å². The van der Waals surface area contributed by atoms with Crippen molar-refractivity contribution in [1.82, 2.24) is 9.97 Å². The molecule has 1 N–H and O–H groups in total. The highest BCUT2D eigenvalue weighted by Crippen LogP contribution is 2.33. The molecule has 0 radical (unpaired) electrons. The van der Waals surface area contributed by atoms with Gasteiger partial charge in [0.25, 0.3) is 0 Å². The van der Waals surface area contributed by atoms with Gasteiger partial charge in [0.2, 0.25) is 0 Å². The summed E-state index contributed by atoms with van der Waals surface area (Å²) in [6.07, 6.45) is -3.39. The summed E-state index contributed by atoms with van der Waals surface area (Å²) in [4.78, 5) is 6.93. The van der Waals surface area contributed by atoms with Crippen molar-refractivity contribution < 1.29 is 18.3 Å². The maximum Gasteiger partial charge on any atom is 0.433 e. The van der Waals surface area contributed by atoms with E-state index in [1.165, 1.54) is 0 Å². The first-order valence-corrected chi connectivity index (χ1v) is 4.40. The van der Waals surface area contributed by atoms with E-state index in [0.717, 1.165) is 6.20 Å². The van der Waals surface area contributed by atoms with E-state index in [9.17, 15) is 13.2 Å². The van der Waals surface area contributed by atoms with Crippen LogP contribution >= 0.6 is 0 Å². The first-order valence-electron chi connectivity index (χ1n) is 4.40. The van der Waals surface area contributed by atoms with Crippen molar-refractivity contribution in [3.8, 4) is 0 Å². The van der Waals surface area contributed by atoms with Crippen LogP contribution in [-0.4, -0.2) is 15.1 Å². The molecule has 0 saturated heterocycles. The number of hydrogen-bond donors (Lipinski definition) is 1. The van der Waals surface area contributed by atoms with E-state index in [1.54, 1.807) is 13.8 Å². The van der Waals surface area contributed by atoms with Crippen molar-refractivity contribution in [3.63, 3.8) is 0 Å². The van der Waals surface area contributed by atoms with Crippen molar-refractivity contribution in [2.24, 2.45) is 0 Å². The van der Waals surface area contributed by atoms with Gasteiger partial charge in [-0.15, -0.1) is 0 Å². The molecule has 0 unspecified atom stereocenters. The molecule has 0 aliphatic rings. The van der Waals surface area contributed by atoms with Crippen LogP contribution in [0.2, 0.25) is 0 Å². The molecule has 0 aliphatic carbocycles. The van der Waals surface area contributed by atoms with Gasteiger partial charge >= 0.3 is 6.18 Å². The molecule has 1 rings (SSSR count). The molecule has 0 bridgehead atoms. The molecule has 0 amide bonds. The van der Waals surface area contributed by atoms with Gasteiger partial charge in [0.1, 0.15) is 6.61 Å². The molecule has 6 heteroatoms. The number of nitrogens with zero attached hydrogens (tertiary/aromatic N) is 2. The highest BCUT2D eigenvalue weighted by molar-refractivity contribution is 5.23. The maximum absolute atomic E-state index is 12.6. The minimum Gasteiger partial charge on any atom is -0.388 e. The van der Waals surface area contributed by atoms with Gasteiger partial charge in [-0.05, 0) is 5.92 Å². The molecule has 0 spiro atoms. The Labute approximate surface area is 85.0 Å². The van der Waals surface area contributed by atoms with Crippen LogP contribution in [0.4, 0.5) is 13.2 Å². The maximum atomic E-state index is 12.6. The SMILES string of the molecule is CC(C)c1cnc(CO)nc1C(F)(F)F. The number of halogens is 3. The summed E-state index contributed by atoms with van der Waals surface area (Å²) in [5.41, 5.74) is -0.920.